The van der Waals surface area contributed by atoms with E-state index in [4.69, 9.17) is 4.52 Å². The van der Waals surface area contributed by atoms with Gasteiger partial charge in [0, 0.05) is 25.1 Å². The predicted octanol–water partition coefficient (Wildman–Crippen LogP) is 1.08. The van der Waals surface area contributed by atoms with Crippen molar-refractivity contribution in [3.05, 3.63) is 29.7 Å². The summed E-state index contributed by atoms with van der Waals surface area (Å²) >= 11 is 0. The number of piperidine rings is 1. The molecule has 0 N–H and O–H groups in total. The molecule has 2 aromatic heterocycles. The van der Waals surface area contributed by atoms with Crippen molar-refractivity contribution in [3.8, 4) is 0 Å². The van der Waals surface area contributed by atoms with E-state index in [0.29, 0.717) is 43.3 Å². The van der Waals surface area contributed by atoms with Gasteiger partial charge in [-0.05, 0) is 19.8 Å². The fourth-order valence-electron chi connectivity index (χ4n) is 2.45. The summed E-state index contributed by atoms with van der Waals surface area (Å²) in [5.74, 6) is 1.20. The zero-order valence-electron chi connectivity index (χ0n) is 11.6. The van der Waals surface area contributed by atoms with Crippen molar-refractivity contribution < 1.29 is 17.5 Å². The molecule has 1 fully saturated rings. The van der Waals surface area contributed by atoms with Gasteiger partial charge < -0.3 is 9.05 Å². The lowest BCUT2D eigenvalue weighted by Crippen LogP contribution is -2.38. The Morgan fingerprint density at radius 1 is 1.33 bits per heavy atom. The first-order valence-corrected chi connectivity index (χ1v) is 8.33. The molecule has 0 bridgehead atoms. The second-order valence-electron chi connectivity index (χ2n) is 5.10. The molecule has 0 aliphatic carbocycles. The molecule has 2 aromatic rings. The Balaban J connectivity index is 1.62. The van der Waals surface area contributed by atoms with Crippen molar-refractivity contribution in [2.75, 3.05) is 13.1 Å². The van der Waals surface area contributed by atoms with Crippen LogP contribution in [0, 0.1) is 6.92 Å². The van der Waals surface area contributed by atoms with Crippen molar-refractivity contribution in [1.82, 2.24) is 19.6 Å². The van der Waals surface area contributed by atoms with Crippen LogP contribution in [0.5, 0.6) is 0 Å². The van der Waals surface area contributed by atoms with Gasteiger partial charge in [-0.3, -0.25) is 0 Å². The molecule has 3 heterocycles. The molecular formula is C12H16N4O4S. The van der Waals surface area contributed by atoms with Crippen LogP contribution in [0.25, 0.3) is 0 Å². The van der Waals surface area contributed by atoms with Crippen molar-refractivity contribution in [1.29, 1.82) is 0 Å². The second-order valence-corrected chi connectivity index (χ2v) is 7.07. The zero-order valence-corrected chi connectivity index (χ0v) is 12.4. The average Bonchev–Trinajstić information content (AvgIpc) is 3.10. The van der Waals surface area contributed by atoms with Crippen LogP contribution in [-0.4, -0.2) is 41.1 Å². The summed E-state index contributed by atoms with van der Waals surface area (Å²) < 4.78 is 35.9. The van der Waals surface area contributed by atoms with Gasteiger partial charge in [-0.1, -0.05) is 10.3 Å². The lowest BCUT2D eigenvalue weighted by molar-refractivity contribution is 0.270. The normalized spacial score (nSPS) is 18.1. The summed E-state index contributed by atoms with van der Waals surface area (Å²) in [5.41, 5.74) is 0.421. The van der Waals surface area contributed by atoms with Crippen LogP contribution in [0.4, 0.5) is 0 Å². The van der Waals surface area contributed by atoms with Gasteiger partial charge in [-0.25, -0.2) is 12.7 Å². The Labute approximate surface area is 122 Å². The number of aryl methyl sites for hydroxylation is 1. The van der Waals surface area contributed by atoms with Gasteiger partial charge in [0.1, 0.15) is 12.0 Å². The molecule has 9 heteroatoms. The Morgan fingerprint density at radius 2 is 2.10 bits per heavy atom. The highest BCUT2D eigenvalue weighted by atomic mass is 32.2. The first kappa shape index (κ1) is 14.2. The van der Waals surface area contributed by atoms with E-state index in [1.165, 1.54) is 10.6 Å². The first-order valence-electron chi connectivity index (χ1n) is 6.72. The number of hydrogen-bond acceptors (Lipinski definition) is 7. The minimum atomic E-state index is -3.36. The molecule has 0 atom stereocenters. The molecule has 8 nitrogen and oxygen atoms in total. The summed E-state index contributed by atoms with van der Waals surface area (Å²) in [5, 5.41) is 7.42. The van der Waals surface area contributed by atoms with Gasteiger partial charge in [0.25, 0.3) is 0 Å². The Hall–Kier alpha value is -1.74. The SMILES string of the molecule is Cc1noc(C2CCN(S(=O)(=O)Cc3ccon3)CC2)n1. The summed E-state index contributed by atoms with van der Waals surface area (Å²) in [4.78, 5) is 4.21. The third-order valence-corrected chi connectivity index (χ3v) is 5.37. The van der Waals surface area contributed by atoms with Gasteiger partial charge >= 0.3 is 0 Å². The molecule has 1 aliphatic rings. The Kier molecular flexibility index (Phi) is 3.77. The lowest BCUT2D eigenvalue weighted by atomic mass is 9.98. The maximum Gasteiger partial charge on any atom is 0.229 e. The van der Waals surface area contributed by atoms with Crippen LogP contribution in [0.2, 0.25) is 0 Å². The van der Waals surface area contributed by atoms with Crippen LogP contribution < -0.4 is 0 Å². The minimum absolute atomic E-state index is 0.129. The summed E-state index contributed by atoms with van der Waals surface area (Å²) in [6, 6.07) is 1.56. The Bertz CT molecular complexity index is 687. The van der Waals surface area contributed by atoms with Gasteiger partial charge in [-0.15, -0.1) is 0 Å². The maximum atomic E-state index is 12.3. The molecule has 0 aromatic carbocycles. The molecule has 21 heavy (non-hydrogen) atoms. The van der Waals surface area contributed by atoms with E-state index in [9.17, 15) is 8.42 Å². The summed E-state index contributed by atoms with van der Waals surface area (Å²) in [7, 11) is -3.36. The van der Waals surface area contributed by atoms with E-state index in [1.54, 1.807) is 13.0 Å². The summed E-state index contributed by atoms with van der Waals surface area (Å²) in [6.45, 7) is 2.67. The molecule has 0 spiro atoms. The van der Waals surface area contributed by atoms with Crippen LogP contribution in [0.1, 0.15) is 36.2 Å². The highest BCUT2D eigenvalue weighted by molar-refractivity contribution is 7.88. The molecule has 0 amide bonds. The molecule has 0 unspecified atom stereocenters. The fraction of sp³-hybridized carbons (Fsp3) is 0.583. The van der Waals surface area contributed by atoms with Crippen LogP contribution in [0.15, 0.2) is 21.4 Å². The first-order chi connectivity index (χ1) is 10.0. The third kappa shape index (κ3) is 3.13. The molecule has 1 saturated heterocycles. The highest BCUT2D eigenvalue weighted by Gasteiger charge is 2.31. The van der Waals surface area contributed by atoms with E-state index >= 15 is 0 Å². The van der Waals surface area contributed by atoms with E-state index in [2.05, 4.69) is 19.8 Å². The van der Waals surface area contributed by atoms with E-state index in [1.807, 2.05) is 0 Å². The van der Waals surface area contributed by atoms with Crippen molar-refractivity contribution in [2.45, 2.75) is 31.4 Å². The molecule has 1 aliphatic heterocycles. The molecule has 0 radical (unpaired) electrons. The highest BCUT2D eigenvalue weighted by Crippen LogP contribution is 2.28. The van der Waals surface area contributed by atoms with Crippen molar-refractivity contribution in [3.63, 3.8) is 0 Å². The van der Waals surface area contributed by atoms with Crippen molar-refractivity contribution in [2.24, 2.45) is 0 Å². The van der Waals surface area contributed by atoms with Crippen LogP contribution >= 0.6 is 0 Å². The zero-order chi connectivity index (χ0) is 14.9. The topological polar surface area (TPSA) is 102 Å². The van der Waals surface area contributed by atoms with E-state index < -0.39 is 10.0 Å². The number of sulfonamides is 1. The predicted molar refractivity (Wildman–Crippen MR) is 71.7 cm³/mol. The largest absolute Gasteiger partial charge is 0.364 e. The summed E-state index contributed by atoms with van der Waals surface area (Å²) in [6.07, 6.45) is 2.73. The molecule has 3 rings (SSSR count). The quantitative estimate of drug-likeness (QED) is 0.832. The van der Waals surface area contributed by atoms with Gasteiger partial charge in [-0.2, -0.15) is 4.98 Å². The molecule has 114 valence electrons. The number of nitrogens with zero attached hydrogens (tertiary/aromatic N) is 4. The van der Waals surface area contributed by atoms with Crippen LogP contribution in [-0.2, 0) is 15.8 Å². The monoisotopic (exact) mass is 312 g/mol. The number of aromatic nitrogens is 3. The number of hydrogen-bond donors (Lipinski definition) is 0. The Morgan fingerprint density at radius 3 is 2.67 bits per heavy atom. The third-order valence-electron chi connectivity index (χ3n) is 3.56. The second kappa shape index (κ2) is 5.57. The molecule has 0 saturated carbocycles. The molecular weight excluding hydrogens is 296 g/mol. The standard InChI is InChI=1S/C12H16N4O4S/c1-9-13-12(20-14-9)10-2-5-16(6-3-10)21(17,18)8-11-4-7-19-15-11/h4,7,10H,2-3,5-6,8H2,1H3. The smallest absolute Gasteiger partial charge is 0.229 e. The van der Waals surface area contributed by atoms with E-state index in [-0.39, 0.29) is 11.7 Å². The fourth-order valence-corrected chi connectivity index (χ4v) is 3.92. The van der Waals surface area contributed by atoms with Gasteiger partial charge in [0.2, 0.25) is 15.9 Å². The van der Waals surface area contributed by atoms with Gasteiger partial charge in [0.15, 0.2) is 5.82 Å². The minimum Gasteiger partial charge on any atom is -0.364 e. The average molecular weight is 312 g/mol. The number of rotatable bonds is 4. The van der Waals surface area contributed by atoms with E-state index in [0.717, 1.165) is 0 Å². The van der Waals surface area contributed by atoms with Crippen molar-refractivity contribution >= 4 is 10.0 Å². The maximum absolute atomic E-state index is 12.3. The van der Waals surface area contributed by atoms with Gasteiger partial charge in [0.05, 0.1) is 5.69 Å². The lowest BCUT2D eigenvalue weighted by Gasteiger charge is -2.29. The van der Waals surface area contributed by atoms with Crippen LogP contribution in [0.3, 0.4) is 0 Å².